The van der Waals surface area contributed by atoms with Crippen molar-refractivity contribution >= 4 is 29.2 Å². The Morgan fingerprint density at radius 1 is 1.08 bits per heavy atom. The summed E-state index contributed by atoms with van der Waals surface area (Å²) >= 11 is 0. The van der Waals surface area contributed by atoms with E-state index in [-0.39, 0.29) is 18.4 Å². The number of amides is 2. The largest absolute Gasteiger partial charge is 0.465 e. The first-order valence-electron chi connectivity index (χ1n) is 7.95. The van der Waals surface area contributed by atoms with Crippen LogP contribution in [0, 0.1) is 0 Å². The Morgan fingerprint density at radius 3 is 2.52 bits per heavy atom. The van der Waals surface area contributed by atoms with Gasteiger partial charge in [-0.25, -0.2) is 4.79 Å². The number of methoxy groups -OCH3 is 1. The molecule has 2 amide bonds. The van der Waals surface area contributed by atoms with E-state index in [4.69, 9.17) is 0 Å². The fourth-order valence-corrected chi connectivity index (χ4v) is 2.82. The van der Waals surface area contributed by atoms with Crippen molar-refractivity contribution in [2.45, 2.75) is 12.8 Å². The Morgan fingerprint density at radius 2 is 1.80 bits per heavy atom. The minimum absolute atomic E-state index is 0.0470. The van der Waals surface area contributed by atoms with Crippen LogP contribution < -0.4 is 10.2 Å². The topological polar surface area (TPSA) is 75.7 Å². The number of anilines is 2. The first-order valence-corrected chi connectivity index (χ1v) is 7.95. The summed E-state index contributed by atoms with van der Waals surface area (Å²) in [5.41, 5.74) is 2.81. The van der Waals surface area contributed by atoms with Crippen LogP contribution in [0.25, 0.3) is 0 Å². The molecule has 2 aromatic carbocycles. The molecular weight excluding hydrogens is 320 g/mol. The highest BCUT2D eigenvalue weighted by atomic mass is 16.5. The van der Waals surface area contributed by atoms with Crippen molar-refractivity contribution in [3.05, 3.63) is 59.7 Å². The molecule has 0 radical (unpaired) electrons. The van der Waals surface area contributed by atoms with Crippen molar-refractivity contribution in [2.24, 2.45) is 0 Å². The van der Waals surface area contributed by atoms with Crippen LogP contribution in [0.3, 0.4) is 0 Å². The second-order valence-electron chi connectivity index (χ2n) is 5.73. The minimum atomic E-state index is -0.437. The summed E-state index contributed by atoms with van der Waals surface area (Å²) < 4.78 is 4.63. The van der Waals surface area contributed by atoms with Crippen molar-refractivity contribution < 1.29 is 19.1 Å². The molecule has 6 heteroatoms. The number of rotatable bonds is 4. The van der Waals surface area contributed by atoms with Gasteiger partial charge in [-0.1, -0.05) is 18.2 Å². The molecule has 2 aromatic rings. The number of nitrogens with one attached hydrogen (secondary N) is 1. The fourth-order valence-electron chi connectivity index (χ4n) is 2.82. The maximum atomic E-state index is 12.3. The van der Waals surface area contributed by atoms with Crippen molar-refractivity contribution in [2.75, 3.05) is 23.9 Å². The SMILES string of the molecule is COC(=O)c1ccc(NC(=O)CN2C(=O)CCc3ccccc32)cc1. The number of benzene rings is 2. The molecule has 0 fully saturated rings. The number of fused-ring (bicyclic) bond motifs is 1. The van der Waals surface area contributed by atoms with E-state index in [9.17, 15) is 14.4 Å². The summed E-state index contributed by atoms with van der Waals surface area (Å²) in [6.07, 6.45) is 1.10. The number of esters is 1. The van der Waals surface area contributed by atoms with Gasteiger partial charge in [0.2, 0.25) is 11.8 Å². The third-order valence-electron chi connectivity index (χ3n) is 4.08. The van der Waals surface area contributed by atoms with Gasteiger partial charge in [0.1, 0.15) is 6.54 Å². The molecule has 1 N–H and O–H groups in total. The second kappa shape index (κ2) is 7.17. The predicted octanol–water partition coefficient (Wildman–Crippen LogP) is 2.39. The van der Waals surface area contributed by atoms with Gasteiger partial charge in [0.25, 0.3) is 0 Å². The molecule has 128 valence electrons. The molecule has 0 aromatic heterocycles. The van der Waals surface area contributed by atoms with Gasteiger partial charge in [-0.2, -0.15) is 0 Å². The van der Waals surface area contributed by atoms with Crippen LogP contribution in [0.5, 0.6) is 0 Å². The maximum absolute atomic E-state index is 12.3. The molecule has 0 saturated carbocycles. The number of para-hydroxylation sites is 1. The predicted molar refractivity (Wildman–Crippen MR) is 93.5 cm³/mol. The van der Waals surface area contributed by atoms with E-state index in [1.807, 2.05) is 24.3 Å². The number of carbonyl (C=O) groups is 3. The van der Waals surface area contributed by atoms with E-state index in [0.29, 0.717) is 24.1 Å². The summed E-state index contributed by atoms with van der Waals surface area (Å²) in [4.78, 5) is 37.4. The van der Waals surface area contributed by atoms with Crippen molar-refractivity contribution in [3.63, 3.8) is 0 Å². The number of carbonyl (C=O) groups excluding carboxylic acids is 3. The standard InChI is InChI=1S/C19H18N2O4/c1-25-19(24)14-6-9-15(10-7-14)20-17(22)12-21-16-5-3-2-4-13(16)8-11-18(21)23/h2-7,9-10H,8,11-12H2,1H3,(H,20,22). The van der Waals surface area contributed by atoms with Gasteiger partial charge >= 0.3 is 5.97 Å². The van der Waals surface area contributed by atoms with E-state index < -0.39 is 5.97 Å². The van der Waals surface area contributed by atoms with Crippen LogP contribution >= 0.6 is 0 Å². The highest BCUT2D eigenvalue weighted by Gasteiger charge is 2.25. The van der Waals surface area contributed by atoms with Gasteiger partial charge in [0.05, 0.1) is 12.7 Å². The molecule has 1 aliphatic heterocycles. The molecule has 0 unspecified atom stereocenters. The lowest BCUT2D eigenvalue weighted by molar-refractivity contribution is -0.121. The van der Waals surface area contributed by atoms with Crippen molar-refractivity contribution in [1.29, 1.82) is 0 Å². The first kappa shape index (κ1) is 16.7. The molecule has 1 heterocycles. The Bertz CT molecular complexity index is 814. The van der Waals surface area contributed by atoms with Gasteiger partial charge in [-0.3, -0.25) is 9.59 Å². The quantitative estimate of drug-likeness (QED) is 0.869. The van der Waals surface area contributed by atoms with E-state index in [2.05, 4.69) is 10.1 Å². The number of ether oxygens (including phenoxy) is 1. The van der Waals surface area contributed by atoms with E-state index in [0.717, 1.165) is 11.3 Å². The second-order valence-corrected chi connectivity index (χ2v) is 5.73. The summed E-state index contributed by atoms with van der Waals surface area (Å²) in [7, 11) is 1.31. The Kier molecular flexibility index (Phi) is 4.79. The van der Waals surface area contributed by atoms with Crippen LogP contribution in [0.1, 0.15) is 22.3 Å². The third-order valence-corrected chi connectivity index (χ3v) is 4.08. The summed E-state index contributed by atoms with van der Waals surface area (Å²) in [5, 5.41) is 2.74. The molecule has 6 nitrogen and oxygen atoms in total. The first-order chi connectivity index (χ1) is 12.1. The van der Waals surface area contributed by atoms with Gasteiger partial charge in [-0.15, -0.1) is 0 Å². The zero-order valence-electron chi connectivity index (χ0n) is 13.8. The third kappa shape index (κ3) is 3.68. The molecular formula is C19H18N2O4. The molecule has 0 aliphatic carbocycles. The van der Waals surface area contributed by atoms with E-state index in [1.54, 1.807) is 24.3 Å². The van der Waals surface area contributed by atoms with E-state index >= 15 is 0 Å². The van der Waals surface area contributed by atoms with Crippen LogP contribution in [0.15, 0.2) is 48.5 Å². The van der Waals surface area contributed by atoms with E-state index in [1.165, 1.54) is 12.0 Å². The highest BCUT2D eigenvalue weighted by molar-refractivity contribution is 6.04. The Balaban J connectivity index is 1.68. The van der Waals surface area contributed by atoms with Gasteiger partial charge < -0.3 is 15.0 Å². The average molecular weight is 338 g/mol. The Hall–Kier alpha value is -3.15. The summed E-state index contributed by atoms with van der Waals surface area (Å²) in [6.45, 7) is -0.0470. The smallest absolute Gasteiger partial charge is 0.337 e. The normalized spacial score (nSPS) is 13.2. The lowest BCUT2D eigenvalue weighted by Gasteiger charge is -2.28. The summed E-state index contributed by atoms with van der Waals surface area (Å²) in [5.74, 6) is -0.792. The summed E-state index contributed by atoms with van der Waals surface area (Å²) in [6, 6.07) is 14.0. The molecule has 1 aliphatic rings. The molecule has 0 spiro atoms. The molecule has 0 saturated heterocycles. The number of nitrogens with zero attached hydrogens (tertiary/aromatic N) is 1. The number of hydrogen-bond donors (Lipinski definition) is 1. The minimum Gasteiger partial charge on any atom is -0.465 e. The lowest BCUT2D eigenvalue weighted by atomic mass is 10.0. The lowest BCUT2D eigenvalue weighted by Crippen LogP contribution is -2.40. The van der Waals surface area contributed by atoms with Crippen LogP contribution in [-0.2, 0) is 20.7 Å². The monoisotopic (exact) mass is 338 g/mol. The zero-order valence-corrected chi connectivity index (χ0v) is 13.8. The molecule has 3 rings (SSSR count). The number of aryl methyl sites for hydroxylation is 1. The number of hydrogen-bond acceptors (Lipinski definition) is 4. The Labute approximate surface area is 145 Å². The van der Waals surface area contributed by atoms with Crippen LogP contribution in [0.2, 0.25) is 0 Å². The van der Waals surface area contributed by atoms with Crippen LogP contribution in [-0.4, -0.2) is 31.4 Å². The molecule has 0 atom stereocenters. The maximum Gasteiger partial charge on any atom is 0.337 e. The zero-order chi connectivity index (χ0) is 17.8. The van der Waals surface area contributed by atoms with Gasteiger partial charge in [0.15, 0.2) is 0 Å². The highest BCUT2D eigenvalue weighted by Crippen LogP contribution is 2.27. The fraction of sp³-hybridized carbons (Fsp3) is 0.211. The van der Waals surface area contributed by atoms with Crippen molar-refractivity contribution in [1.82, 2.24) is 0 Å². The van der Waals surface area contributed by atoms with Crippen molar-refractivity contribution in [3.8, 4) is 0 Å². The average Bonchev–Trinajstić information content (AvgIpc) is 2.64. The molecule has 0 bridgehead atoms. The van der Waals surface area contributed by atoms with Gasteiger partial charge in [-0.05, 0) is 42.3 Å². The molecule has 25 heavy (non-hydrogen) atoms. The van der Waals surface area contributed by atoms with Crippen LogP contribution in [0.4, 0.5) is 11.4 Å². The van der Waals surface area contributed by atoms with Gasteiger partial charge in [0, 0.05) is 17.8 Å².